The Hall–Kier alpha value is -1.39. The van der Waals surface area contributed by atoms with Gasteiger partial charge in [-0.2, -0.15) is 0 Å². The third kappa shape index (κ3) is 2.71. The molecule has 2 rings (SSSR count). The second-order valence-corrected chi connectivity index (χ2v) is 4.83. The summed E-state index contributed by atoms with van der Waals surface area (Å²) in [5.74, 6) is 0.440. The first-order valence-corrected chi connectivity index (χ1v) is 6.25. The topological polar surface area (TPSA) is 35.2 Å². The molecule has 94 valence electrons. The van der Waals surface area contributed by atoms with Gasteiger partial charge in [-0.1, -0.05) is 34.1 Å². The highest BCUT2D eigenvalue weighted by Gasteiger charge is 2.13. The fourth-order valence-corrected chi connectivity index (χ4v) is 2.08. The van der Waals surface area contributed by atoms with Gasteiger partial charge in [0.2, 0.25) is 0 Å². The Morgan fingerprint density at radius 2 is 1.83 bits per heavy atom. The molecule has 2 aromatic carbocycles. The van der Waals surface area contributed by atoms with Crippen LogP contribution < -0.4 is 10.5 Å². The molecule has 4 heteroatoms. The van der Waals surface area contributed by atoms with Crippen molar-refractivity contribution in [2.24, 2.45) is 5.73 Å². The van der Waals surface area contributed by atoms with Gasteiger partial charge in [0.05, 0.1) is 13.2 Å². The van der Waals surface area contributed by atoms with E-state index >= 15 is 0 Å². The average Bonchev–Trinajstić information content (AvgIpc) is 2.38. The van der Waals surface area contributed by atoms with Gasteiger partial charge < -0.3 is 10.5 Å². The molecule has 2 N–H and O–H groups in total. The first kappa shape index (κ1) is 13.1. The molecule has 0 amide bonds. The van der Waals surface area contributed by atoms with Gasteiger partial charge in [0.25, 0.3) is 0 Å². The lowest BCUT2D eigenvalue weighted by Gasteiger charge is -2.14. The highest BCUT2D eigenvalue weighted by molar-refractivity contribution is 9.10. The van der Waals surface area contributed by atoms with Crippen molar-refractivity contribution in [1.29, 1.82) is 0 Å². The number of hydrogen-bond donors (Lipinski definition) is 1. The fourth-order valence-electron chi connectivity index (χ4n) is 1.74. The quantitative estimate of drug-likeness (QED) is 0.939. The van der Waals surface area contributed by atoms with Crippen LogP contribution in [0.5, 0.6) is 5.75 Å². The zero-order valence-electron chi connectivity index (χ0n) is 9.86. The molecule has 18 heavy (non-hydrogen) atoms. The Bertz CT molecular complexity index is 542. The number of hydrogen-bond acceptors (Lipinski definition) is 2. The maximum Gasteiger partial charge on any atom is 0.129 e. The molecule has 0 aromatic heterocycles. The second kappa shape index (κ2) is 5.50. The molecule has 1 unspecified atom stereocenters. The van der Waals surface area contributed by atoms with Gasteiger partial charge in [0.1, 0.15) is 11.6 Å². The fraction of sp³-hybridized carbons (Fsp3) is 0.143. The van der Waals surface area contributed by atoms with Gasteiger partial charge in [-0.3, -0.25) is 0 Å². The number of nitrogens with two attached hydrogens (primary N) is 1. The van der Waals surface area contributed by atoms with Crippen LogP contribution in [0.15, 0.2) is 46.9 Å². The average molecular weight is 310 g/mol. The van der Waals surface area contributed by atoms with Gasteiger partial charge in [-0.15, -0.1) is 0 Å². The van der Waals surface area contributed by atoms with Crippen molar-refractivity contribution >= 4 is 15.9 Å². The van der Waals surface area contributed by atoms with E-state index in [9.17, 15) is 4.39 Å². The monoisotopic (exact) mass is 309 g/mol. The molecule has 1 atom stereocenters. The van der Waals surface area contributed by atoms with E-state index in [0.717, 1.165) is 11.3 Å². The van der Waals surface area contributed by atoms with Crippen molar-refractivity contribution in [3.05, 3.63) is 63.9 Å². The smallest absolute Gasteiger partial charge is 0.129 e. The Morgan fingerprint density at radius 3 is 2.39 bits per heavy atom. The van der Waals surface area contributed by atoms with Gasteiger partial charge in [-0.25, -0.2) is 4.39 Å². The number of methoxy groups -OCH3 is 1. The third-order valence-electron chi connectivity index (χ3n) is 2.77. The minimum absolute atomic E-state index is 0.312. The molecule has 0 fully saturated rings. The highest BCUT2D eigenvalue weighted by atomic mass is 79.9. The Labute approximate surface area is 114 Å². The molecule has 0 heterocycles. The van der Waals surface area contributed by atoms with E-state index in [1.165, 1.54) is 6.07 Å². The summed E-state index contributed by atoms with van der Waals surface area (Å²) in [6, 6.07) is 11.7. The third-order valence-corrected chi connectivity index (χ3v) is 3.27. The standard InChI is InChI=1S/C14H13BrFNO/c1-18-11-5-2-9(3-6-11)14(17)12-7-4-10(15)8-13(12)16/h2-8,14H,17H2,1H3. The van der Waals surface area contributed by atoms with Crippen molar-refractivity contribution in [2.45, 2.75) is 6.04 Å². The minimum Gasteiger partial charge on any atom is -0.497 e. The molecule has 0 aliphatic rings. The lowest BCUT2D eigenvalue weighted by Crippen LogP contribution is -2.13. The predicted molar refractivity (Wildman–Crippen MR) is 73.1 cm³/mol. The van der Waals surface area contributed by atoms with Gasteiger partial charge in [-0.05, 0) is 29.8 Å². The Kier molecular flexibility index (Phi) is 3.99. The second-order valence-electron chi connectivity index (χ2n) is 3.92. The zero-order chi connectivity index (χ0) is 13.1. The molecule has 0 radical (unpaired) electrons. The number of halogens is 2. The van der Waals surface area contributed by atoms with Crippen molar-refractivity contribution in [2.75, 3.05) is 7.11 Å². The predicted octanol–water partition coefficient (Wildman–Crippen LogP) is 3.64. The summed E-state index contributed by atoms with van der Waals surface area (Å²) in [4.78, 5) is 0. The summed E-state index contributed by atoms with van der Waals surface area (Å²) in [6.07, 6.45) is 0. The van der Waals surface area contributed by atoms with Crippen LogP contribution in [-0.2, 0) is 0 Å². The van der Waals surface area contributed by atoms with Crippen molar-refractivity contribution in [1.82, 2.24) is 0 Å². The molecule has 2 nitrogen and oxygen atoms in total. The van der Waals surface area contributed by atoms with Crippen LogP contribution in [0, 0.1) is 5.82 Å². The summed E-state index contributed by atoms with van der Waals surface area (Å²) >= 11 is 3.22. The maximum atomic E-state index is 13.8. The Morgan fingerprint density at radius 1 is 1.17 bits per heavy atom. The van der Waals surface area contributed by atoms with Crippen molar-refractivity contribution < 1.29 is 9.13 Å². The van der Waals surface area contributed by atoms with Crippen LogP contribution in [0.1, 0.15) is 17.2 Å². The van der Waals surface area contributed by atoms with Crippen LogP contribution in [0.2, 0.25) is 0 Å². The molecule has 0 bridgehead atoms. The lowest BCUT2D eigenvalue weighted by atomic mass is 9.99. The van der Waals surface area contributed by atoms with Crippen molar-refractivity contribution in [3.63, 3.8) is 0 Å². The normalized spacial score (nSPS) is 12.2. The van der Waals surface area contributed by atoms with E-state index < -0.39 is 6.04 Å². The molecule has 0 aliphatic carbocycles. The number of ether oxygens (including phenoxy) is 1. The highest BCUT2D eigenvalue weighted by Crippen LogP contribution is 2.25. The summed E-state index contributed by atoms with van der Waals surface area (Å²) < 4.78 is 19.6. The summed E-state index contributed by atoms with van der Waals surface area (Å²) in [5, 5.41) is 0. The largest absolute Gasteiger partial charge is 0.497 e. The van der Waals surface area contributed by atoms with Gasteiger partial charge in [0.15, 0.2) is 0 Å². The van der Waals surface area contributed by atoms with Crippen LogP contribution in [0.4, 0.5) is 4.39 Å². The molecule has 0 saturated heterocycles. The maximum absolute atomic E-state index is 13.8. The van der Waals surface area contributed by atoms with Crippen molar-refractivity contribution in [3.8, 4) is 5.75 Å². The van der Waals surface area contributed by atoms with E-state index in [0.29, 0.717) is 10.0 Å². The molecule has 2 aromatic rings. The number of rotatable bonds is 3. The van der Waals surface area contributed by atoms with E-state index in [1.807, 2.05) is 24.3 Å². The van der Waals surface area contributed by atoms with Gasteiger partial charge >= 0.3 is 0 Å². The number of benzene rings is 2. The minimum atomic E-state index is -0.482. The van der Waals surface area contributed by atoms with E-state index in [2.05, 4.69) is 15.9 Å². The van der Waals surface area contributed by atoms with Crippen LogP contribution in [0.3, 0.4) is 0 Å². The van der Waals surface area contributed by atoms with Gasteiger partial charge in [0, 0.05) is 10.0 Å². The SMILES string of the molecule is COc1ccc(C(N)c2ccc(Br)cc2F)cc1. The van der Waals surface area contributed by atoms with Crippen LogP contribution >= 0.6 is 15.9 Å². The van der Waals surface area contributed by atoms with Crippen LogP contribution in [-0.4, -0.2) is 7.11 Å². The molecule has 0 spiro atoms. The first-order chi connectivity index (χ1) is 8.61. The summed E-state index contributed by atoms with van der Waals surface area (Å²) in [6.45, 7) is 0. The lowest BCUT2D eigenvalue weighted by molar-refractivity contribution is 0.414. The van der Waals surface area contributed by atoms with E-state index in [1.54, 1.807) is 19.2 Å². The summed E-state index contributed by atoms with van der Waals surface area (Å²) in [5.41, 5.74) is 7.38. The molecular weight excluding hydrogens is 297 g/mol. The van der Waals surface area contributed by atoms with E-state index in [4.69, 9.17) is 10.5 Å². The summed E-state index contributed by atoms with van der Waals surface area (Å²) in [7, 11) is 1.60. The Balaban J connectivity index is 2.31. The van der Waals surface area contributed by atoms with E-state index in [-0.39, 0.29) is 5.82 Å². The molecule has 0 aliphatic heterocycles. The zero-order valence-corrected chi connectivity index (χ0v) is 11.4. The first-order valence-electron chi connectivity index (χ1n) is 5.46. The molecular formula is C14H13BrFNO. The van der Waals surface area contributed by atoms with Crippen LogP contribution in [0.25, 0.3) is 0 Å². The molecule has 0 saturated carbocycles.